The molecule has 19 heavy (non-hydrogen) atoms. The van der Waals surface area contributed by atoms with Gasteiger partial charge in [0.15, 0.2) is 0 Å². The molecule has 0 saturated heterocycles. The van der Waals surface area contributed by atoms with Gasteiger partial charge in [-0.25, -0.2) is 9.97 Å². The SMILES string of the molecule is Cc1cc(CCCCn2cncc3ccnc2-3)on1. The highest BCUT2D eigenvalue weighted by Crippen LogP contribution is 2.18. The van der Waals surface area contributed by atoms with E-state index in [1.807, 2.05) is 37.8 Å². The van der Waals surface area contributed by atoms with Crippen LogP contribution in [0.5, 0.6) is 0 Å². The summed E-state index contributed by atoms with van der Waals surface area (Å²) in [5, 5.41) is 3.89. The number of nitrogens with zero attached hydrogens (tertiary/aromatic N) is 4. The summed E-state index contributed by atoms with van der Waals surface area (Å²) < 4.78 is 7.29. The van der Waals surface area contributed by atoms with Crippen molar-refractivity contribution >= 4 is 0 Å². The minimum Gasteiger partial charge on any atom is -0.361 e. The summed E-state index contributed by atoms with van der Waals surface area (Å²) in [5.74, 6) is 1.97. The third-order valence-electron chi connectivity index (χ3n) is 3.15. The third-order valence-corrected chi connectivity index (χ3v) is 3.15. The largest absolute Gasteiger partial charge is 0.361 e. The Morgan fingerprint density at radius 1 is 1.32 bits per heavy atom. The Labute approximate surface area is 111 Å². The molecule has 0 N–H and O–H groups in total. The number of fused-ring (bicyclic) bond motifs is 1. The van der Waals surface area contributed by atoms with Crippen LogP contribution in [0.25, 0.3) is 11.4 Å². The number of hydrogen-bond acceptors (Lipinski definition) is 4. The summed E-state index contributed by atoms with van der Waals surface area (Å²) in [6.07, 6.45) is 8.57. The molecule has 0 atom stereocenters. The molecular weight excluding hydrogens is 240 g/mol. The summed E-state index contributed by atoms with van der Waals surface area (Å²) in [7, 11) is 0. The van der Waals surface area contributed by atoms with Crippen LogP contribution in [-0.2, 0) is 13.0 Å². The van der Waals surface area contributed by atoms with E-state index in [2.05, 4.69) is 19.7 Å². The second-order valence-corrected chi connectivity index (χ2v) is 4.70. The maximum atomic E-state index is 5.19. The van der Waals surface area contributed by atoms with Crippen LogP contribution in [0.2, 0.25) is 0 Å². The van der Waals surface area contributed by atoms with Gasteiger partial charge in [0.1, 0.15) is 11.6 Å². The lowest BCUT2D eigenvalue weighted by molar-refractivity contribution is 0.374. The fraction of sp³-hybridized carbons (Fsp3) is 0.357. The molecule has 0 bridgehead atoms. The molecule has 3 heterocycles. The smallest absolute Gasteiger partial charge is 0.142 e. The van der Waals surface area contributed by atoms with Gasteiger partial charge in [-0.15, -0.1) is 0 Å². The highest BCUT2D eigenvalue weighted by molar-refractivity contribution is 5.55. The van der Waals surface area contributed by atoms with Crippen molar-refractivity contribution in [1.29, 1.82) is 0 Å². The zero-order chi connectivity index (χ0) is 13.1. The molecular formula is C14H16N4O. The third kappa shape index (κ3) is 2.65. The van der Waals surface area contributed by atoms with Crippen molar-refractivity contribution in [2.24, 2.45) is 0 Å². The van der Waals surface area contributed by atoms with Gasteiger partial charge >= 0.3 is 0 Å². The standard InChI is InChI=1S/C14H16N4O/c1-11-8-13(19-17-11)4-2-3-7-18-10-15-9-12-5-6-16-14(12)18/h5-6,8-10H,2-4,7H2,1H3. The maximum absolute atomic E-state index is 5.19. The lowest BCUT2D eigenvalue weighted by Crippen LogP contribution is -2.05. The van der Waals surface area contributed by atoms with Gasteiger partial charge in [-0.2, -0.15) is 0 Å². The highest BCUT2D eigenvalue weighted by Gasteiger charge is 2.07. The summed E-state index contributed by atoms with van der Waals surface area (Å²) >= 11 is 0. The molecule has 0 spiro atoms. The van der Waals surface area contributed by atoms with E-state index in [1.165, 1.54) is 0 Å². The average molecular weight is 256 g/mol. The fourth-order valence-corrected chi connectivity index (χ4v) is 2.21. The molecule has 98 valence electrons. The van der Waals surface area contributed by atoms with Crippen molar-refractivity contribution in [2.75, 3.05) is 0 Å². The van der Waals surface area contributed by atoms with Crippen LogP contribution < -0.4 is 0 Å². The molecule has 0 fully saturated rings. The first-order valence-corrected chi connectivity index (χ1v) is 6.50. The van der Waals surface area contributed by atoms with E-state index < -0.39 is 0 Å². The Hall–Kier alpha value is -2.17. The molecule has 2 aliphatic rings. The van der Waals surface area contributed by atoms with Gasteiger partial charge in [0, 0.05) is 37.0 Å². The van der Waals surface area contributed by atoms with Crippen molar-refractivity contribution in [3.63, 3.8) is 0 Å². The van der Waals surface area contributed by atoms with Crippen LogP contribution in [-0.4, -0.2) is 19.7 Å². The highest BCUT2D eigenvalue weighted by atomic mass is 16.5. The van der Waals surface area contributed by atoms with Gasteiger partial charge in [-0.05, 0) is 25.8 Å². The molecule has 0 aliphatic carbocycles. The minimum atomic E-state index is 0.925. The van der Waals surface area contributed by atoms with Crippen LogP contribution in [0.3, 0.4) is 0 Å². The maximum Gasteiger partial charge on any atom is 0.142 e. The van der Waals surface area contributed by atoms with Crippen LogP contribution in [0.1, 0.15) is 24.3 Å². The number of hydrogen-bond donors (Lipinski definition) is 0. The molecule has 5 nitrogen and oxygen atoms in total. The molecule has 0 aromatic carbocycles. The second-order valence-electron chi connectivity index (χ2n) is 4.70. The minimum absolute atomic E-state index is 0.925. The molecule has 0 saturated carbocycles. The van der Waals surface area contributed by atoms with E-state index in [4.69, 9.17) is 4.52 Å². The topological polar surface area (TPSA) is 56.7 Å². The van der Waals surface area contributed by atoms with E-state index in [9.17, 15) is 0 Å². The van der Waals surface area contributed by atoms with Crippen molar-refractivity contribution in [2.45, 2.75) is 32.7 Å². The normalized spacial score (nSPS) is 11.2. The second kappa shape index (κ2) is 5.22. The molecule has 1 aromatic rings. The summed E-state index contributed by atoms with van der Waals surface area (Å²) in [5.41, 5.74) is 2.03. The molecule has 2 aliphatic heterocycles. The van der Waals surface area contributed by atoms with Crippen LogP contribution in [0, 0.1) is 6.92 Å². The average Bonchev–Trinajstić information content (AvgIpc) is 3.03. The van der Waals surface area contributed by atoms with Gasteiger partial charge in [-0.1, -0.05) is 5.16 Å². The molecule has 0 radical (unpaired) electrons. The van der Waals surface area contributed by atoms with Crippen LogP contribution in [0.15, 0.2) is 35.4 Å². The Morgan fingerprint density at radius 2 is 2.26 bits per heavy atom. The first kappa shape index (κ1) is 11.9. The zero-order valence-corrected chi connectivity index (χ0v) is 10.9. The Morgan fingerprint density at radius 3 is 3.11 bits per heavy atom. The van der Waals surface area contributed by atoms with Gasteiger partial charge in [0.2, 0.25) is 0 Å². The van der Waals surface area contributed by atoms with Gasteiger partial charge in [0.05, 0.1) is 12.0 Å². The molecule has 3 rings (SSSR count). The lowest BCUT2D eigenvalue weighted by Gasteiger charge is -2.09. The monoisotopic (exact) mass is 256 g/mol. The van der Waals surface area contributed by atoms with Crippen molar-refractivity contribution in [3.05, 3.63) is 42.3 Å². The number of aryl methyl sites for hydroxylation is 3. The van der Waals surface area contributed by atoms with E-state index in [0.29, 0.717) is 0 Å². The number of unbranched alkanes of at least 4 members (excludes halogenated alkanes) is 1. The summed E-state index contributed by atoms with van der Waals surface area (Å²) in [4.78, 5) is 8.57. The fourth-order valence-electron chi connectivity index (χ4n) is 2.21. The molecule has 0 amide bonds. The lowest BCUT2D eigenvalue weighted by atomic mass is 10.2. The van der Waals surface area contributed by atoms with Gasteiger partial charge < -0.3 is 9.09 Å². The Bertz CT molecular complexity index is 628. The molecule has 1 aromatic heterocycles. The van der Waals surface area contributed by atoms with Crippen molar-refractivity contribution in [3.8, 4) is 11.4 Å². The first-order chi connectivity index (χ1) is 9.33. The summed E-state index contributed by atoms with van der Waals surface area (Å²) in [6, 6.07) is 3.98. The van der Waals surface area contributed by atoms with E-state index >= 15 is 0 Å². The molecule has 0 unspecified atom stereocenters. The van der Waals surface area contributed by atoms with Crippen LogP contribution >= 0.6 is 0 Å². The number of aromatic nitrogens is 4. The van der Waals surface area contributed by atoms with Gasteiger partial charge in [-0.3, -0.25) is 0 Å². The van der Waals surface area contributed by atoms with E-state index in [1.54, 1.807) is 0 Å². The van der Waals surface area contributed by atoms with Crippen molar-refractivity contribution in [1.82, 2.24) is 19.7 Å². The molecule has 5 heteroatoms. The van der Waals surface area contributed by atoms with E-state index in [0.717, 1.165) is 48.6 Å². The van der Waals surface area contributed by atoms with E-state index in [-0.39, 0.29) is 0 Å². The summed E-state index contributed by atoms with van der Waals surface area (Å²) in [6.45, 7) is 2.87. The predicted octanol–water partition coefficient (Wildman–Crippen LogP) is 2.70. The number of rotatable bonds is 5. The zero-order valence-electron chi connectivity index (χ0n) is 10.9. The van der Waals surface area contributed by atoms with Crippen molar-refractivity contribution < 1.29 is 4.52 Å². The Kier molecular flexibility index (Phi) is 3.27. The van der Waals surface area contributed by atoms with Gasteiger partial charge in [0.25, 0.3) is 0 Å². The Balaban J connectivity index is 1.54. The van der Waals surface area contributed by atoms with Crippen LogP contribution in [0.4, 0.5) is 0 Å². The quantitative estimate of drug-likeness (QED) is 0.658. The first-order valence-electron chi connectivity index (χ1n) is 6.50. The predicted molar refractivity (Wildman–Crippen MR) is 70.8 cm³/mol.